The van der Waals surface area contributed by atoms with Gasteiger partial charge in [-0.1, -0.05) is 30.0 Å². The monoisotopic (exact) mass is 329 g/mol. The van der Waals surface area contributed by atoms with Crippen LogP contribution in [0.1, 0.15) is 20.8 Å². The van der Waals surface area contributed by atoms with E-state index < -0.39 is 29.2 Å². The lowest BCUT2D eigenvalue weighted by Gasteiger charge is -2.24. The lowest BCUT2D eigenvalue weighted by molar-refractivity contribution is -0.143. The molecule has 0 spiro atoms. The number of carbonyl (C=O) groups excluding carboxylic acids is 2. The van der Waals surface area contributed by atoms with Crippen molar-refractivity contribution in [2.75, 3.05) is 7.11 Å². The Hall–Kier alpha value is -1.76. The van der Waals surface area contributed by atoms with Crippen LogP contribution in [0.4, 0.5) is 9.18 Å². The molecule has 0 fully saturated rings. The number of nitrogens with one attached hydrogen (secondary N) is 1. The number of hydrogen-bond donors (Lipinski definition) is 1. The predicted octanol–water partition coefficient (Wildman–Crippen LogP) is 3.14. The molecule has 0 aliphatic heterocycles. The smallest absolute Gasteiger partial charge is 0.408 e. The van der Waals surface area contributed by atoms with Crippen LogP contribution in [0.5, 0.6) is 0 Å². The Morgan fingerprint density at radius 3 is 2.32 bits per heavy atom. The molecular formula is C15H20FNO4S. The molecule has 0 saturated carbocycles. The lowest BCUT2D eigenvalue weighted by atomic mass is 10.2. The Morgan fingerprint density at radius 2 is 1.82 bits per heavy atom. The van der Waals surface area contributed by atoms with Gasteiger partial charge >= 0.3 is 12.1 Å². The summed E-state index contributed by atoms with van der Waals surface area (Å²) in [5, 5.41) is 2.21. The Balaban J connectivity index is 2.75. The van der Waals surface area contributed by atoms with E-state index in [-0.39, 0.29) is 0 Å². The summed E-state index contributed by atoms with van der Waals surface area (Å²) in [5.41, 5.74) is -2.45. The average Bonchev–Trinajstić information content (AvgIpc) is 2.43. The molecule has 0 heterocycles. The molecule has 7 heteroatoms. The van der Waals surface area contributed by atoms with Crippen LogP contribution in [0.3, 0.4) is 0 Å². The third kappa shape index (κ3) is 6.34. The second kappa shape index (κ2) is 8.03. The van der Waals surface area contributed by atoms with Crippen LogP contribution < -0.4 is 5.32 Å². The highest BCUT2D eigenvalue weighted by molar-refractivity contribution is 7.99. The number of esters is 1. The van der Waals surface area contributed by atoms with Crippen LogP contribution in [0.2, 0.25) is 0 Å². The zero-order valence-electron chi connectivity index (χ0n) is 13.0. The molecule has 1 aromatic carbocycles. The van der Waals surface area contributed by atoms with Crippen LogP contribution in [-0.4, -0.2) is 36.3 Å². The van der Waals surface area contributed by atoms with Crippen molar-refractivity contribution in [2.24, 2.45) is 0 Å². The second-order valence-corrected chi connectivity index (χ2v) is 6.59. The summed E-state index contributed by atoms with van der Waals surface area (Å²) in [6, 6.07) is 7.27. The van der Waals surface area contributed by atoms with E-state index in [9.17, 15) is 14.0 Å². The molecule has 1 N–H and O–H groups in total. The molecule has 0 aromatic heterocycles. The molecule has 0 saturated heterocycles. The zero-order valence-corrected chi connectivity index (χ0v) is 13.8. The number of alkyl carbamates (subject to hydrolysis) is 1. The van der Waals surface area contributed by atoms with Crippen molar-refractivity contribution < 1.29 is 23.5 Å². The number of carbonyl (C=O) groups is 2. The summed E-state index contributed by atoms with van der Waals surface area (Å²) in [6.07, 6.45) is -0.876. The van der Waals surface area contributed by atoms with Crippen LogP contribution in [0, 0.1) is 0 Å². The molecule has 1 amide bonds. The lowest BCUT2D eigenvalue weighted by Crippen LogP contribution is -2.48. The SMILES string of the molecule is COC(=O)[C@@H](NC(=O)OC(C)(C)C)C(F)Sc1ccccc1. The van der Waals surface area contributed by atoms with Gasteiger partial charge in [0, 0.05) is 4.90 Å². The normalized spacial score (nSPS) is 13.9. The molecule has 0 aliphatic carbocycles. The first-order valence-corrected chi connectivity index (χ1v) is 7.54. The fraction of sp³-hybridized carbons (Fsp3) is 0.467. The largest absolute Gasteiger partial charge is 0.467 e. The molecule has 0 aliphatic rings. The summed E-state index contributed by atoms with van der Waals surface area (Å²) >= 11 is 0.818. The third-order valence-corrected chi connectivity index (χ3v) is 3.42. The Bertz CT molecular complexity index is 504. The maximum atomic E-state index is 14.4. The maximum absolute atomic E-state index is 14.4. The van der Waals surface area contributed by atoms with Gasteiger partial charge in [0.15, 0.2) is 11.5 Å². The summed E-state index contributed by atoms with van der Waals surface area (Å²) in [6.45, 7) is 5.02. The number of thioether (sulfide) groups is 1. The quantitative estimate of drug-likeness (QED) is 0.664. The van der Waals surface area contributed by atoms with E-state index in [0.29, 0.717) is 4.90 Å². The number of hydrogen-bond acceptors (Lipinski definition) is 5. The van der Waals surface area contributed by atoms with Gasteiger partial charge in [-0.15, -0.1) is 0 Å². The predicted molar refractivity (Wildman–Crippen MR) is 82.4 cm³/mol. The van der Waals surface area contributed by atoms with E-state index in [2.05, 4.69) is 10.1 Å². The highest BCUT2D eigenvalue weighted by Gasteiger charge is 2.33. The van der Waals surface area contributed by atoms with Gasteiger partial charge in [-0.3, -0.25) is 0 Å². The molecule has 5 nitrogen and oxygen atoms in total. The summed E-state index contributed by atoms with van der Waals surface area (Å²) in [5.74, 6) is -0.873. The Morgan fingerprint density at radius 1 is 1.23 bits per heavy atom. The topological polar surface area (TPSA) is 64.6 Å². The number of methoxy groups -OCH3 is 1. The number of rotatable bonds is 5. The minimum atomic E-state index is -1.71. The van der Waals surface area contributed by atoms with Crippen LogP contribution in [0.25, 0.3) is 0 Å². The number of benzene rings is 1. The summed E-state index contributed by atoms with van der Waals surface area (Å²) < 4.78 is 23.9. The molecular weight excluding hydrogens is 309 g/mol. The highest BCUT2D eigenvalue weighted by Crippen LogP contribution is 2.26. The van der Waals surface area contributed by atoms with Crippen molar-refractivity contribution in [1.29, 1.82) is 0 Å². The standard InChI is InChI=1S/C15H20FNO4S/c1-15(2,3)21-14(19)17-11(13(18)20-4)12(16)22-10-8-6-5-7-9-10/h5-9,11-12H,1-4H3,(H,17,19)/t11-,12?/m0/s1. The van der Waals surface area contributed by atoms with Crippen molar-refractivity contribution in [3.05, 3.63) is 30.3 Å². The molecule has 2 atom stereocenters. The number of halogens is 1. The minimum absolute atomic E-state index is 0.634. The van der Waals surface area contributed by atoms with Gasteiger partial charge in [-0.25, -0.2) is 14.0 Å². The van der Waals surface area contributed by atoms with E-state index in [1.807, 2.05) is 0 Å². The third-order valence-electron chi connectivity index (χ3n) is 2.38. The molecule has 1 aromatic rings. The van der Waals surface area contributed by atoms with E-state index in [0.717, 1.165) is 18.9 Å². The number of amides is 1. The average molecular weight is 329 g/mol. The number of ether oxygens (including phenoxy) is 2. The summed E-state index contributed by atoms with van der Waals surface area (Å²) in [7, 11) is 1.13. The summed E-state index contributed by atoms with van der Waals surface area (Å²) in [4.78, 5) is 24.1. The molecule has 22 heavy (non-hydrogen) atoms. The molecule has 1 rings (SSSR count). The van der Waals surface area contributed by atoms with E-state index in [1.165, 1.54) is 0 Å². The Kier molecular flexibility index (Phi) is 6.67. The van der Waals surface area contributed by atoms with Crippen LogP contribution >= 0.6 is 11.8 Å². The van der Waals surface area contributed by atoms with Crippen molar-refractivity contribution >= 4 is 23.8 Å². The maximum Gasteiger partial charge on any atom is 0.408 e. The fourth-order valence-corrected chi connectivity index (χ4v) is 2.38. The fourth-order valence-electron chi connectivity index (χ4n) is 1.49. The molecule has 0 bridgehead atoms. The van der Waals surface area contributed by atoms with E-state index in [1.54, 1.807) is 51.1 Å². The number of alkyl halides is 1. The van der Waals surface area contributed by atoms with Crippen molar-refractivity contribution in [1.82, 2.24) is 5.32 Å². The molecule has 122 valence electrons. The zero-order chi connectivity index (χ0) is 16.8. The van der Waals surface area contributed by atoms with Crippen molar-refractivity contribution in [3.8, 4) is 0 Å². The van der Waals surface area contributed by atoms with Gasteiger partial charge in [-0.05, 0) is 32.9 Å². The van der Waals surface area contributed by atoms with E-state index >= 15 is 0 Å². The van der Waals surface area contributed by atoms with Gasteiger partial charge in [0.05, 0.1) is 7.11 Å². The minimum Gasteiger partial charge on any atom is -0.467 e. The van der Waals surface area contributed by atoms with Gasteiger partial charge in [0.25, 0.3) is 0 Å². The van der Waals surface area contributed by atoms with Gasteiger partial charge in [0.2, 0.25) is 0 Å². The second-order valence-electron chi connectivity index (χ2n) is 5.43. The van der Waals surface area contributed by atoms with E-state index in [4.69, 9.17) is 4.74 Å². The molecule has 1 unspecified atom stereocenters. The van der Waals surface area contributed by atoms with Crippen molar-refractivity contribution in [2.45, 2.75) is 42.8 Å². The van der Waals surface area contributed by atoms with Gasteiger partial charge in [-0.2, -0.15) is 0 Å². The van der Waals surface area contributed by atoms with Crippen LogP contribution in [0.15, 0.2) is 35.2 Å². The van der Waals surface area contributed by atoms with Crippen LogP contribution in [-0.2, 0) is 14.3 Å². The Labute approximate surface area is 133 Å². The highest BCUT2D eigenvalue weighted by atomic mass is 32.2. The first-order chi connectivity index (χ1) is 10.2. The van der Waals surface area contributed by atoms with Gasteiger partial charge in [0.1, 0.15) is 5.60 Å². The first-order valence-electron chi connectivity index (χ1n) is 6.66. The van der Waals surface area contributed by atoms with Crippen molar-refractivity contribution in [3.63, 3.8) is 0 Å². The van der Waals surface area contributed by atoms with Gasteiger partial charge < -0.3 is 14.8 Å². The first kappa shape index (κ1) is 18.3. The molecule has 0 radical (unpaired) electrons.